The Hall–Kier alpha value is -3.65. The van der Waals surface area contributed by atoms with Crippen LogP contribution < -0.4 is 20.1 Å². The van der Waals surface area contributed by atoms with Gasteiger partial charge in [-0.15, -0.1) is 24.7 Å². The number of esters is 1. The standard InChI is InChI=1S/C22H26N2O6/c1-4-6-8-20(25)23-10-12-29-18-14-17(22(27)28-3)15-19(16-18)30-13-11-24-21(26)9-7-5-2/h1-2,14-16H,6-13H2,3H3,(H,23,25)(H,24,26). The average molecular weight is 414 g/mol. The molecule has 0 radical (unpaired) electrons. The van der Waals surface area contributed by atoms with Crippen molar-refractivity contribution in [3.8, 4) is 36.2 Å². The van der Waals surface area contributed by atoms with Gasteiger partial charge in [0.1, 0.15) is 24.7 Å². The molecule has 1 rings (SSSR count). The molecule has 8 nitrogen and oxygen atoms in total. The number of carbonyl (C=O) groups excluding carboxylic acids is 3. The topological polar surface area (TPSA) is 103 Å². The van der Waals surface area contributed by atoms with E-state index in [0.29, 0.717) is 24.3 Å². The van der Waals surface area contributed by atoms with E-state index in [9.17, 15) is 14.4 Å². The summed E-state index contributed by atoms with van der Waals surface area (Å²) in [5, 5.41) is 5.37. The number of benzene rings is 1. The zero-order valence-electron chi connectivity index (χ0n) is 17.0. The van der Waals surface area contributed by atoms with Gasteiger partial charge in [0.25, 0.3) is 0 Å². The van der Waals surface area contributed by atoms with Crippen molar-refractivity contribution in [1.82, 2.24) is 10.6 Å². The summed E-state index contributed by atoms with van der Waals surface area (Å²) in [6.07, 6.45) is 11.5. The molecule has 0 spiro atoms. The summed E-state index contributed by atoms with van der Waals surface area (Å²) in [4.78, 5) is 34.9. The van der Waals surface area contributed by atoms with Crippen LogP contribution in [0.15, 0.2) is 18.2 Å². The average Bonchev–Trinajstić information content (AvgIpc) is 2.76. The monoisotopic (exact) mass is 414 g/mol. The molecule has 0 aromatic heterocycles. The highest BCUT2D eigenvalue weighted by atomic mass is 16.5. The Balaban J connectivity index is 2.58. The summed E-state index contributed by atoms with van der Waals surface area (Å²) in [5.41, 5.74) is 0.251. The molecule has 0 heterocycles. The minimum Gasteiger partial charge on any atom is -0.492 e. The predicted octanol–water partition coefficient (Wildman–Crippen LogP) is 1.29. The summed E-state index contributed by atoms with van der Waals surface area (Å²) < 4.78 is 15.9. The fourth-order valence-corrected chi connectivity index (χ4v) is 2.24. The fourth-order valence-electron chi connectivity index (χ4n) is 2.24. The van der Waals surface area contributed by atoms with E-state index < -0.39 is 5.97 Å². The maximum absolute atomic E-state index is 11.9. The van der Waals surface area contributed by atoms with Gasteiger partial charge in [-0.25, -0.2) is 4.79 Å². The van der Waals surface area contributed by atoms with E-state index in [2.05, 4.69) is 22.5 Å². The third-order valence-corrected chi connectivity index (χ3v) is 3.68. The molecule has 1 aromatic rings. The van der Waals surface area contributed by atoms with Gasteiger partial charge in [0, 0.05) is 31.7 Å². The predicted molar refractivity (Wildman–Crippen MR) is 111 cm³/mol. The molecule has 0 aliphatic heterocycles. The van der Waals surface area contributed by atoms with Crippen LogP contribution in [-0.4, -0.2) is 51.2 Å². The van der Waals surface area contributed by atoms with Crippen LogP contribution in [0.3, 0.4) is 0 Å². The second-order valence-electron chi connectivity index (χ2n) is 5.99. The van der Waals surface area contributed by atoms with Crippen molar-refractivity contribution in [3.63, 3.8) is 0 Å². The number of carbonyl (C=O) groups is 3. The Bertz CT molecular complexity index is 751. The number of hydrogen-bond donors (Lipinski definition) is 2. The van der Waals surface area contributed by atoms with Gasteiger partial charge in [-0.1, -0.05) is 0 Å². The first kappa shape index (κ1) is 24.4. The first-order chi connectivity index (χ1) is 14.5. The van der Waals surface area contributed by atoms with E-state index in [0.717, 1.165) is 0 Å². The van der Waals surface area contributed by atoms with Gasteiger partial charge in [0.15, 0.2) is 0 Å². The number of amides is 2. The third kappa shape index (κ3) is 10.0. The largest absolute Gasteiger partial charge is 0.492 e. The summed E-state index contributed by atoms with van der Waals surface area (Å²) in [6.45, 7) is 0.950. The minimum atomic E-state index is -0.546. The number of hydrogen-bond acceptors (Lipinski definition) is 6. The summed E-state index contributed by atoms with van der Waals surface area (Å²) in [6, 6.07) is 4.63. The molecular formula is C22H26N2O6. The van der Waals surface area contributed by atoms with Crippen LogP contribution in [0, 0.1) is 24.7 Å². The van der Waals surface area contributed by atoms with E-state index in [1.807, 2.05) is 0 Å². The van der Waals surface area contributed by atoms with Crippen LogP contribution in [-0.2, 0) is 14.3 Å². The lowest BCUT2D eigenvalue weighted by Crippen LogP contribution is -2.28. The number of terminal acetylenes is 2. The van der Waals surface area contributed by atoms with Crippen molar-refractivity contribution in [2.45, 2.75) is 25.7 Å². The third-order valence-electron chi connectivity index (χ3n) is 3.68. The molecule has 0 unspecified atom stereocenters. The SMILES string of the molecule is C#CCCC(=O)NCCOc1cc(OCCNC(=O)CCC#C)cc(C(=O)OC)c1. The lowest BCUT2D eigenvalue weighted by atomic mass is 10.2. The van der Waals surface area contributed by atoms with Gasteiger partial charge < -0.3 is 24.8 Å². The summed E-state index contributed by atoms with van der Waals surface area (Å²) in [5.74, 6) is 4.69. The number of methoxy groups -OCH3 is 1. The molecule has 0 saturated carbocycles. The second kappa shape index (κ2) is 14.4. The normalized spacial score (nSPS) is 9.57. The van der Waals surface area contributed by atoms with Gasteiger partial charge >= 0.3 is 5.97 Å². The zero-order chi connectivity index (χ0) is 22.2. The molecule has 2 N–H and O–H groups in total. The molecule has 1 aromatic carbocycles. The fraction of sp³-hybridized carbons (Fsp3) is 0.409. The van der Waals surface area contributed by atoms with Crippen LogP contribution in [0.25, 0.3) is 0 Å². The van der Waals surface area contributed by atoms with Crippen molar-refractivity contribution >= 4 is 17.8 Å². The van der Waals surface area contributed by atoms with E-state index in [-0.39, 0.29) is 56.5 Å². The molecule has 0 aliphatic carbocycles. The van der Waals surface area contributed by atoms with Crippen LogP contribution in [0.5, 0.6) is 11.5 Å². The lowest BCUT2D eigenvalue weighted by Gasteiger charge is -2.12. The van der Waals surface area contributed by atoms with E-state index in [1.54, 1.807) is 6.07 Å². The molecule has 0 bridgehead atoms. The molecule has 8 heteroatoms. The highest BCUT2D eigenvalue weighted by molar-refractivity contribution is 5.90. The van der Waals surface area contributed by atoms with Gasteiger partial charge in [-0.3, -0.25) is 9.59 Å². The summed E-state index contributed by atoms with van der Waals surface area (Å²) >= 11 is 0. The van der Waals surface area contributed by atoms with Crippen LogP contribution in [0.4, 0.5) is 0 Å². The summed E-state index contributed by atoms with van der Waals surface area (Å²) in [7, 11) is 1.27. The minimum absolute atomic E-state index is 0.159. The Labute approximate surface area is 176 Å². The van der Waals surface area contributed by atoms with Gasteiger partial charge in [-0.05, 0) is 12.1 Å². The second-order valence-corrected chi connectivity index (χ2v) is 5.99. The first-order valence-electron chi connectivity index (χ1n) is 9.39. The van der Waals surface area contributed by atoms with E-state index in [4.69, 9.17) is 27.1 Å². The van der Waals surface area contributed by atoms with Crippen molar-refractivity contribution in [1.29, 1.82) is 0 Å². The smallest absolute Gasteiger partial charge is 0.338 e. The van der Waals surface area contributed by atoms with Crippen LogP contribution >= 0.6 is 0 Å². The van der Waals surface area contributed by atoms with Crippen molar-refractivity contribution in [3.05, 3.63) is 23.8 Å². The molecule has 0 atom stereocenters. The molecule has 160 valence electrons. The molecule has 0 saturated heterocycles. The highest BCUT2D eigenvalue weighted by Gasteiger charge is 2.11. The molecule has 2 amide bonds. The van der Waals surface area contributed by atoms with E-state index >= 15 is 0 Å². The Morgan fingerprint density at radius 1 is 0.867 bits per heavy atom. The maximum Gasteiger partial charge on any atom is 0.338 e. The Morgan fingerprint density at radius 2 is 1.33 bits per heavy atom. The molecule has 0 aliphatic rings. The number of rotatable bonds is 13. The molecule has 0 fully saturated rings. The van der Waals surface area contributed by atoms with Gasteiger partial charge in [0.2, 0.25) is 11.8 Å². The quantitative estimate of drug-likeness (QED) is 0.286. The number of ether oxygens (including phenoxy) is 3. The zero-order valence-corrected chi connectivity index (χ0v) is 17.0. The lowest BCUT2D eigenvalue weighted by molar-refractivity contribution is -0.121. The van der Waals surface area contributed by atoms with E-state index in [1.165, 1.54) is 19.2 Å². The van der Waals surface area contributed by atoms with Gasteiger partial charge in [0.05, 0.1) is 25.8 Å². The van der Waals surface area contributed by atoms with Crippen LogP contribution in [0.2, 0.25) is 0 Å². The van der Waals surface area contributed by atoms with Crippen molar-refractivity contribution in [2.75, 3.05) is 33.4 Å². The number of nitrogens with one attached hydrogen (secondary N) is 2. The van der Waals surface area contributed by atoms with Crippen molar-refractivity contribution in [2.24, 2.45) is 0 Å². The molecular weight excluding hydrogens is 388 g/mol. The van der Waals surface area contributed by atoms with Gasteiger partial charge in [-0.2, -0.15) is 0 Å². The Kier molecular flexibility index (Phi) is 11.7. The highest BCUT2D eigenvalue weighted by Crippen LogP contribution is 2.23. The maximum atomic E-state index is 11.9. The van der Waals surface area contributed by atoms with Crippen LogP contribution in [0.1, 0.15) is 36.0 Å². The Morgan fingerprint density at radius 3 is 1.73 bits per heavy atom. The van der Waals surface area contributed by atoms with Crippen molar-refractivity contribution < 1.29 is 28.6 Å². The molecule has 30 heavy (non-hydrogen) atoms. The first-order valence-corrected chi connectivity index (χ1v) is 9.39.